The smallest absolute Gasteiger partial charge is 0.188 e. The van der Waals surface area contributed by atoms with E-state index in [1.165, 1.54) is 6.42 Å². The molecule has 0 radical (unpaired) electrons. The minimum Gasteiger partial charge on any atom is -0.370 e. The van der Waals surface area contributed by atoms with Crippen molar-refractivity contribution in [1.29, 1.82) is 0 Å². The highest BCUT2D eigenvalue weighted by Gasteiger charge is 2.03. The van der Waals surface area contributed by atoms with Gasteiger partial charge < -0.3 is 11.1 Å². The van der Waals surface area contributed by atoms with E-state index in [2.05, 4.69) is 38.0 Å². The molecule has 1 unspecified atom stereocenters. The second kappa shape index (κ2) is 7.65. The molecule has 0 bridgehead atoms. The molecule has 14 heavy (non-hydrogen) atoms. The third kappa shape index (κ3) is 7.90. The van der Waals surface area contributed by atoms with Gasteiger partial charge in [0.05, 0.1) is 0 Å². The van der Waals surface area contributed by atoms with Crippen LogP contribution in [0.15, 0.2) is 4.99 Å². The Bertz CT molecular complexity index is 164. The molecule has 0 rings (SSSR count). The maximum absolute atomic E-state index is 5.71. The van der Waals surface area contributed by atoms with Gasteiger partial charge in [-0.1, -0.05) is 20.8 Å². The Morgan fingerprint density at radius 1 is 1.29 bits per heavy atom. The molecule has 84 valence electrons. The molecule has 0 amide bonds. The van der Waals surface area contributed by atoms with E-state index in [9.17, 15) is 0 Å². The van der Waals surface area contributed by atoms with Crippen LogP contribution < -0.4 is 11.1 Å². The first kappa shape index (κ1) is 13.3. The monoisotopic (exact) mass is 199 g/mol. The molecule has 0 saturated heterocycles. The summed E-state index contributed by atoms with van der Waals surface area (Å²) in [5.74, 6) is 1.34. The van der Waals surface area contributed by atoms with Gasteiger partial charge in [-0.3, -0.25) is 4.99 Å². The lowest BCUT2D eigenvalue weighted by Gasteiger charge is -2.15. The first-order chi connectivity index (χ1) is 6.56. The van der Waals surface area contributed by atoms with Crippen LogP contribution in [0.25, 0.3) is 0 Å². The highest BCUT2D eigenvalue weighted by atomic mass is 15.1. The maximum atomic E-state index is 5.71. The van der Waals surface area contributed by atoms with E-state index in [1.54, 1.807) is 0 Å². The predicted octanol–water partition coefficient (Wildman–Crippen LogP) is 2.13. The average Bonchev–Trinajstić information content (AvgIpc) is 2.11. The highest BCUT2D eigenvalue weighted by molar-refractivity contribution is 5.78. The van der Waals surface area contributed by atoms with Crippen molar-refractivity contribution in [2.45, 2.75) is 53.0 Å². The highest BCUT2D eigenvalue weighted by Crippen LogP contribution is 2.05. The van der Waals surface area contributed by atoms with E-state index in [-0.39, 0.29) is 0 Å². The molecule has 0 saturated carbocycles. The topological polar surface area (TPSA) is 50.4 Å². The molecule has 0 aliphatic rings. The molecule has 0 aromatic rings. The molecular formula is C11H25N3. The third-order valence-corrected chi connectivity index (χ3v) is 2.08. The summed E-state index contributed by atoms with van der Waals surface area (Å²) in [7, 11) is 0. The zero-order chi connectivity index (χ0) is 11.0. The number of nitrogens with two attached hydrogens (primary N) is 1. The minimum absolute atomic E-state index is 0.429. The SMILES string of the molecule is CCCN=C(N)NC(C)CCC(C)C. The molecule has 0 aromatic carbocycles. The summed E-state index contributed by atoms with van der Waals surface area (Å²) in [4.78, 5) is 4.19. The molecule has 0 spiro atoms. The van der Waals surface area contributed by atoms with Gasteiger partial charge in [0.15, 0.2) is 5.96 Å². The molecule has 3 heteroatoms. The lowest BCUT2D eigenvalue weighted by molar-refractivity contribution is 0.491. The van der Waals surface area contributed by atoms with E-state index in [4.69, 9.17) is 5.73 Å². The standard InChI is InChI=1S/C11H25N3/c1-5-8-13-11(12)14-10(4)7-6-9(2)3/h9-10H,5-8H2,1-4H3,(H3,12,13,14). The molecule has 0 aliphatic heterocycles. The Morgan fingerprint density at radius 2 is 1.93 bits per heavy atom. The summed E-state index contributed by atoms with van der Waals surface area (Å²) in [6, 6.07) is 0.429. The zero-order valence-electron chi connectivity index (χ0n) is 10.0. The summed E-state index contributed by atoms with van der Waals surface area (Å²) in [6.07, 6.45) is 3.43. The predicted molar refractivity (Wildman–Crippen MR) is 63.5 cm³/mol. The Labute approximate surface area is 88.2 Å². The van der Waals surface area contributed by atoms with Gasteiger partial charge in [0, 0.05) is 12.6 Å². The van der Waals surface area contributed by atoms with E-state index < -0.39 is 0 Å². The van der Waals surface area contributed by atoms with Crippen molar-refractivity contribution < 1.29 is 0 Å². The summed E-state index contributed by atoms with van der Waals surface area (Å²) < 4.78 is 0. The number of hydrogen-bond donors (Lipinski definition) is 2. The van der Waals surface area contributed by atoms with Crippen LogP contribution in [-0.4, -0.2) is 18.5 Å². The number of nitrogens with one attached hydrogen (secondary N) is 1. The normalized spacial score (nSPS) is 14.5. The van der Waals surface area contributed by atoms with Crippen LogP contribution in [0.5, 0.6) is 0 Å². The van der Waals surface area contributed by atoms with Crippen molar-refractivity contribution in [1.82, 2.24) is 5.32 Å². The van der Waals surface area contributed by atoms with Crippen molar-refractivity contribution in [3.8, 4) is 0 Å². The molecular weight excluding hydrogens is 174 g/mol. The van der Waals surface area contributed by atoms with Crippen LogP contribution in [0.1, 0.15) is 47.0 Å². The van der Waals surface area contributed by atoms with Crippen LogP contribution in [0.3, 0.4) is 0 Å². The Morgan fingerprint density at radius 3 is 2.43 bits per heavy atom. The first-order valence-electron chi connectivity index (χ1n) is 5.62. The van der Waals surface area contributed by atoms with Gasteiger partial charge in [0.1, 0.15) is 0 Å². The van der Waals surface area contributed by atoms with Gasteiger partial charge in [0.2, 0.25) is 0 Å². The van der Waals surface area contributed by atoms with Crippen LogP contribution >= 0.6 is 0 Å². The van der Waals surface area contributed by atoms with Crippen molar-refractivity contribution in [3.63, 3.8) is 0 Å². The number of aliphatic imine (C=N–C) groups is 1. The van der Waals surface area contributed by atoms with E-state index in [0.29, 0.717) is 12.0 Å². The summed E-state index contributed by atoms with van der Waals surface area (Å²) in [5, 5.41) is 3.20. The van der Waals surface area contributed by atoms with Gasteiger partial charge in [-0.05, 0) is 32.1 Å². The zero-order valence-corrected chi connectivity index (χ0v) is 10.0. The first-order valence-corrected chi connectivity index (χ1v) is 5.62. The van der Waals surface area contributed by atoms with Crippen LogP contribution in [0, 0.1) is 5.92 Å². The lowest BCUT2D eigenvalue weighted by atomic mass is 10.0. The van der Waals surface area contributed by atoms with Gasteiger partial charge in [-0.25, -0.2) is 0 Å². The van der Waals surface area contributed by atoms with Gasteiger partial charge in [0.25, 0.3) is 0 Å². The third-order valence-electron chi connectivity index (χ3n) is 2.08. The number of nitrogens with zero attached hydrogens (tertiary/aromatic N) is 1. The minimum atomic E-state index is 0.429. The van der Waals surface area contributed by atoms with Crippen LogP contribution in [0.2, 0.25) is 0 Å². The molecule has 1 atom stereocenters. The van der Waals surface area contributed by atoms with Crippen molar-refractivity contribution in [2.75, 3.05) is 6.54 Å². The largest absolute Gasteiger partial charge is 0.370 e. The maximum Gasteiger partial charge on any atom is 0.188 e. The molecule has 0 aliphatic carbocycles. The summed E-state index contributed by atoms with van der Waals surface area (Å²) >= 11 is 0. The number of hydrogen-bond acceptors (Lipinski definition) is 1. The fraction of sp³-hybridized carbons (Fsp3) is 0.909. The summed E-state index contributed by atoms with van der Waals surface area (Å²) in [5.41, 5.74) is 5.71. The molecule has 0 heterocycles. The number of guanidine groups is 1. The number of rotatable bonds is 6. The average molecular weight is 199 g/mol. The Kier molecular flexibility index (Phi) is 7.25. The molecule has 0 fully saturated rings. The Hall–Kier alpha value is -0.730. The van der Waals surface area contributed by atoms with E-state index >= 15 is 0 Å². The second-order valence-electron chi connectivity index (χ2n) is 4.28. The van der Waals surface area contributed by atoms with Crippen molar-refractivity contribution in [3.05, 3.63) is 0 Å². The van der Waals surface area contributed by atoms with E-state index in [1.807, 2.05) is 0 Å². The van der Waals surface area contributed by atoms with Crippen molar-refractivity contribution in [2.24, 2.45) is 16.6 Å². The van der Waals surface area contributed by atoms with Crippen LogP contribution in [0.4, 0.5) is 0 Å². The second-order valence-corrected chi connectivity index (χ2v) is 4.28. The van der Waals surface area contributed by atoms with Crippen molar-refractivity contribution >= 4 is 5.96 Å². The van der Waals surface area contributed by atoms with Crippen LogP contribution in [-0.2, 0) is 0 Å². The van der Waals surface area contributed by atoms with Gasteiger partial charge in [-0.2, -0.15) is 0 Å². The van der Waals surface area contributed by atoms with E-state index in [0.717, 1.165) is 25.3 Å². The van der Waals surface area contributed by atoms with Gasteiger partial charge in [-0.15, -0.1) is 0 Å². The molecule has 0 aromatic heterocycles. The molecule has 3 N–H and O–H groups in total. The quantitative estimate of drug-likeness (QED) is 0.508. The molecule has 3 nitrogen and oxygen atoms in total. The fourth-order valence-corrected chi connectivity index (χ4v) is 1.19. The Balaban J connectivity index is 3.64. The van der Waals surface area contributed by atoms with Gasteiger partial charge >= 0.3 is 0 Å². The fourth-order valence-electron chi connectivity index (χ4n) is 1.19. The lowest BCUT2D eigenvalue weighted by Crippen LogP contribution is -2.38. The summed E-state index contributed by atoms with van der Waals surface area (Å²) in [6.45, 7) is 9.54.